The summed E-state index contributed by atoms with van der Waals surface area (Å²) in [4.78, 5) is 11.2. The molecule has 2 heterocycles. The largest absolute Gasteiger partial charge is 0.356 e. The van der Waals surface area contributed by atoms with E-state index in [9.17, 15) is 0 Å². The van der Waals surface area contributed by atoms with Gasteiger partial charge in [-0.25, -0.2) is 4.98 Å². The second-order valence-electron chi connectivity index (χ2n) is 4.59. The van der Waals surface area contributed by atoms with Crippen molar-refractivity contribution in [1.29, 1.82) is 0 Å². The second-order valence-corrected chi connectivity index (χ2v) is 5.48. The highest BCUT2D eigenvalue weighted by Gasteiger charge is 2.14. The Labute approximate surface area is 107 Å². The Morgan fingerprint density at radius 3 is 3.06 bits per heavy atom. The average molecular weight is 252 g/mol. The summed E-state index contributed by atoms with van der Waals surface area (Å²) < 4.78 is 0. The van der Waals surface area contributed by atoms with Crippen LogP contribution in [0.1, 0.15) is 30.0 Å². The Morgan fingerprint density at radius 1 is 1.59 bits per heavy atom. The van der Waals surface area contributed by atoms with Gasteiger partial charge in [0, 0.05) is 43.7 Å². The lowest BCUT2D eigenvalue weighted by atomic mass is 10.2. The van der Waals surface area contributed by atoms with Crippen LogP contribution in [-0.4, -0.2) is 42.5 Å². The highest BCUT2D eigenvalue weighted by molar-refractivity contribution is 7.09. The monoisotopic (exact) mass is 252 g/mol. The smallest absolute Gasteiger partial charge is 0.193 e. The molecule has 1 N–H and O–H groups in total. The van der Waals surface area contributed by atoms with Crippen molar-refractivity contribution in [3.63, 3.8) is 0 Å². The molecule has 2 rings (SSSR count). The summed E-state index contributed by atoms with van der Waals surface area (Å²) >= 11 is 1.74. The molecule has 1 aliphatic heterocycles. The number of aromatic nitrogens is 1. The molecule has 1 aliphatic rings. The van der Waals surface area contributed by atoms with E-state index in [1.165, 1.54) is 5.01 Å². The lowest BCUT2D eigenvalue weighted by Crippen LogP contribution is -2.43. The molecule has 1 aromatic heterocycles. The highest BCUT2D eigenvalue weighted by Crippen LogP contribution is 2.18. The number of aryl methyl sites for hydroxylation is 1. The van der Waals surface area contributed by atoms with Gasteiger partial charge in [0.1, 0.15) is 0 Å². The van der Waals surface area contributed by atoms with E-state index in [4.69, 9.17) is 0 Å². The minimum Gasteiger partial charge on any atom is -0.356 e. The number of guanidine groups is 1. The van der Waals surface area contributed by atoms with Crippen LogP contribution in [0.2, 0.25) is 0 Å². The Kier molecular flexibility index (Phi) is 3.99. The van der Waals surface area contributed by atoms with Crippen molar-refractivity contribution >= 4 is 17.3 Å². The summed E-state index contributed by atoms with van der Waals surface area (Å²) in [7, 11) is 2.09. The summed E-state index contributed by atoms with van der Waals surface area (Å²) in [6.07, 6.45) is 1.16. The standard InChI is InChI=1S/C12H20N4S/c1-9(11-15-10(2)8-17-11)7-14-12-13-5-4-6-16(12)3/h8-9H,4-7H2,1-3H3,(H,13,14). The van der Waals surface area contributed by atoms with E-state index in [1.807, 2.05) is 6.92 Å². The Bertz CT molecular complexity index is 399. The number of nitrogens with one attached hydrogen (secondary N) is 1. The van der Waals surface area contributed by atoms with Crippen molar-refractivity contribution in [2.45, 2.75) is 26.2 Å². The molecule has 0 bridgehead atoms. The molecule has 5 heteroatoms. The molecule has 4 nitrogen and oxygen atoms in total. The molecule has 1 aromatic rings. The fourth-order valence-electron chi connectivity index (χ4n) is 1.84. The van der Waals surface area contributed by atoms with Crippen molar-refractivity contribution in [2.24, 2.45) is 4.99 Å². The van der Waals surface area contributed by atoms with Crippen LogP contribution in [0, 0.1) is 6.92 Å². The summed E-state index contributed by atoms with van der Waals surface area (Å²) in [5, 5.41) is 6.73. The Morgan fingerprint density at radius 2 is 2.41 bits per heavy atom. The number of aliphatic imine (C=N–C) groups is 1. The lowest BCUT2D eigenvalue weighted by molar-refractivity contribution is 0.444. The molecule has 0 radical (unpaired) electrons. The topological polar surface area (TPSA) is 40.5 Å². The minimum absolute atomic E-state index is 0.437. The van der Waals surface area contributed by atoms with Gasteiger partial charge in [-0.2, -0.15) is 0 Å². The molecule has 0 saturated heterocycles. The zero-order valence-electron chi connectivity index (χ0n) is 10.7. The van der Waals surface area contributed by atoms with Gasteiger partial charge in [-0.05, 0) is 13.3 Å². The van der Waals surface area contributed by atoms with E-state index in [0.29, 0.717) is 5.92 Å². The molecule has 0 amide bonds. The van der Waals surface area contributed by atoms with Crippen molar-refractivity contribution in [3.05, 3.63) is 16.1 Å². The molecule has 1 atom stereocenters. The molecule has 1 unspecified atom stereocenters. The quantitative estimate of drug-likeness (QED) is 0.892. The van der Waals surface area contributed by atoms with Crippen molar-refractivity contribution in [3.8, 4) is 0 Å². The van der Waals surface area contributed by atoms with Crippen LogP contribution in [0.25, 0.3) is 0 Å². The number of thiazole rings is 1. The number of hydrogen-bond acceptors (Lipinski definition) is 5. The molecule has 94 valence electrons. The van der Waals surface area contributed by atoms with Gasteiger partial charge in [0.25, 0.3) is 0 Å². The highest BCUT2D eigenvalue weighted by atomic mass is 32.1. The van der Waals surface area contributed by atoms with E-state index >= 15 is 0 Å². The molecule has 0 fully saturated rings. The molecular formula is C12H20N4S. The van der Waals surface area contributed by atoms with Gasteiger partial charge in [0.15, 0.2) is 5.96 Å². The minimum atomic E-state index is 0.437. The third-order valence-electron chi connectivity index (χ3n) is 2.90. The van der Waals surface area contributed by atoms with Gasteiger partial charge in [-0.1, -0.05) is 6.92 Å². The van der Waals surface area contributed by atoms with Crippen LogP contribution < -0.4 is 5.32 Å². The summed E-state index contributed by atoms with van der Waals surface area (Å²) in [6.45, 7) is 7.18. The van der Waals surface area contributed by atoms with Crippen molar-refractivity contribution in [2.75, 3.05) is 26.7 Å². The van der Waals surface area contributed by atoms with Crippen LogP contribution in [0.15, 0.2) is 10.4 Å². The van der Waals surface area contributed by atoms with Crippen LogP contribution >= 0.6 is 11.3 Å². The zero-order valence-corrected chi connectivity index (χ0v) is 11.5. The molecule has 0 aromatic carbocycles. The summed E-state index contributed by atoms with van der Waals surface area (Å²) in [6, 6.07) is 0. The van der Waals surface area contributed by atoms with E-state index in [2.05, 4.69) is 39.5 Å². The Hall–Kier alpha value is -1.10. The molecular weight excluding hydrogens is 232 g/mol. The molecule has 0 saturated carbocycles. The number of nitrogens with zero attached hydrogens (tertiary/aromatic N) is 3. The predicted molar refractivity (Wildman–Crippen MR) is 72.8 cm³/mol. The Balaban J connectivity index is 1.87. The van der Waals surface area contributed by atoms with Crippen molar-refractivity contribution in [1.82, 2.24) is 15.2 Å². The normalized spacial score (nSPS) is 17.8. The van der Waals surface area contributed by atoms with Crippen LogP contribution in [-0.2, 0) is 0 Å². The van der Waals surface area contributed by atoms with Gasteiger partial charge in [0.2, 0.25) is 0 Å². The first-order chi connectivity index (χ1) is 8.16. The van der Waals surface area contributed by atoms with Gasteiger partial charge in [-0.3, -0.25) is 4.99 Å². The van der Waals surface area contributed by atoms with Gasteiger partial charge in [0.05, 0.1) is 5.01 Å². The number of hydrogen-bond donors (Lipinski definition) is 1. The van der Waals surface area contributed by atoms with E-state index < -0.39 is 0 Å². The summed E-state index contributed by atoms with van der Waals surface area (Å²) in [5.74, 6) is 1.46. The lowest BCUT2D eigenvalue weighted by Gasteiger charge is -2.26. The van der Waals surface area contributed by atoms with Crippen molar-refractivity contribution < 1.29 is 0 Å². The van der Waals surface area contributed by atoms with Crippen LogP contribution in [0.4, 0.5) is 0 Å². The fraction of sp³-hybridized carbons (Fsp3) is 0.667. The van der Waals surface area contributed by atoms with E-state index in [0.717, 1.165) is 37.7 Å². The van der Waals surface area contributed by atoms with E-state index in [-0.39, 0.29) is 0 Å². The maximum absolute atomic E-state index is 4.52. The first-order valence-electron chi connectivity index (χ1n) is 6.08. The van der Waals surface area contributed by atoms with E-state index in [1.54, 1.807) is 11.3 Å². The molecule has 0 spiro atoms. The third-order valence-corrected chi connectivity index (χ3v) is 4.09. The van der Waals surface area contributed by atoms with Gasteiger partial charge >= 0.3 is 0 Å². The maximum atomic E-state index is 4.52. The average Bonchev–Trinajstić information content (AvgIpc) is 2.74. The molecule has 17 heavy (non-hydrogen) atoms. The number of rotatable bonds is 3. The first-order valence-corrected chi connectivity index (χ1v) is 6.96. The molecule has 0 aliphatic carbocycles. The summed E-state index contributed by atoms with van der Waals surface area (Å²) in [5.41, 5.74) is 1.11. The predicted octanol–water partition coefficient (Wildman–Crippen LogP) is 1.84. The second kappa shape index (κ2) is 5.49. The van der Waals surface area contributed by atoms with Gasteiger partial charge < -0.3 is 10.2 Å². The maximum Gasteiger partial charge on any atom is 0.193 e. The van der Waals surface area contributed by atoms with Crippen LogP contribution in [0.5, 0.6) is 0 Å². The van der Waals surface area contributed by atoms with Gasteiger partial charge in [-0.15, -0.1) is 11.3 Å². The third kappa shape index (κ3) is 3.19. The van der Waals surface area contributed by atoms with Crippen LogP contribution in [0.3, 0.4) is 0 Å². The SMILES string of the molecule is Cc1csc(C(C)CNC2=NCCCN2C)n1. The zero-order chi connectivity index (χ0) is 12.3. The first kappa shape index (κ1) is 12.4. The fourth-order valence-corrected chi connectivity index (χ4v) is 2.70.